The second kappa shape index (κ2) is 7.55. The maximum absolute atomic E-state index is 8.51. The fourth-order valence-electron chi connectivity index (χ4n) is 1.45. The average Bonchev–Trinajstić information content (AvgIpc) is 2.41. The summed E-state index contributed by atoms with van der Waals surface area (Å²) in [6.07, 6.45) is 0. The Morgan fingerprint density at radius 1 is 0.882 bits per heavy atom. The van der Waals surface area contributed by atoms with Crippen LogP contribution in [-0.4, -0.2) is 11.9 Å². The Kier molecular flexibility index (Phi) is 5.94. The molecule has 1 unspecified atom stereocenters. The fourth-order valence-corrected chi connectivity index (χ4v) is 1.45. The van der Waals surface area contributed by atoms with Gasteiger partial charge < -0.3 is 4.90 Å². The summed E-state index contributed by atoms with van der Waals surface area (Å²) in [6.45, 7) is 0. The zero-order chi connectivity index (χ0) is 12.5. The van der Waals surface area contributed by atoms with Crippen molar-refractivity contribution < 1.29 is 9.46 Å². The van der Waals surface area contributed by atoms with Crippen LogP contribution in [0.15, 0.2) is 60.7 Å². The number of hydrogen-bond donors (Lipinski definition) is 1. The van der Waals surface area contributed by atoms with Gasteiger partial charge in [-0.1, -0.05) is 36.4 Å². The van der Waals surface area contributed by atoms with Crippen molar-refractivity contribution in [2.75, 3.05) is 11.9 Å². The molecule has 0 spiro atoms. The van der Waals surface area contributed by atoms with Gasteiger partial charge in [0.2, 0.25) is 0 Å². The maximum atomic E-state index is 8.51. The van der Waals surface area contributed by atoms with Gasteiger partial charge in [0.15, 0.2) is 0 Å². The van der Waals surface area contributed by atoms with Crippen LogP contribution in [0.4, 0.5) is 11.4 Å². The molecule has 0 saturated heterocycles. The third-order valence-corrected chi connectivity index (χ3v) is 2.29. The summed E-state index contributed by atoms with van der Waals surface area (Å²) >= 11 is 0. The van der Waals surface area contributed by atoms with Gasteiger partial charge in [-0.3, -0.25) is 0 Å². The molecule has 1 N–H and O–H groups in total. The molecule has 0 bridgehead atoms. The standard InChI is InChI=1S/C13H13N.HO2P/c1-14(12-8-4-2-5-9-12)13-10-6-3-7-11-13;1-3-2/h2-11H,1H3;3H/p+1. The van der Waals surface area contributed by atoms with Crippen molar-refractivity contribution in [2.24, 2.45) is 0 Å². The molecular formula is C13H15NO2P+. The molecule has 2 aromatic rings. The minimum atomic E-state index is -1.17. The minimum absolute atomic E-state index is 1.17. The number of nitrogens with zero attached hydrogens (tertiary/aromatic N) is 1. The van der Waals surface area contributed by atoms with Gasteiger partial charge in [0.1, 0.15) is 0 Å². The second-order valence-corrected chi connectivity index (χ2v) is 3.50. The SMILES string of the molecule is CN(c1ccccc1)c1ccccc1.O=[PH+]O. The molecule has 0 saturated carbocycles. The van der Waals surface area contributed by atoms with E-state index in [0.717, 1.165) is 0 Å². The Bertz CT molecular complexity index is 394. The van der Waals surface area contributed by atoms with E-state index in [9.17, 15) is 0 Å². The third-order valence-electron chi connectivity index (χ3n) is 2.29. The number of para-hydroxylation sites is 2. The Balaban J connectivity index is 0.000000437. The van der Waals surface area contributed by atoms with Crippen LogP contribution in [0, 0.1) is 0 Å². The van der Waals surface area contributed by atoms with E-state index in [0.29, 0.717) is 0 Å². The van der Waals surface area contributed by atoms with Gasteiger partial charge in [0, 0.05) is 18.4 Å². The molecule has 2 rings (SSSR count). The van der Waals surface area contributed by atoms with Crippen LogP contribution >= 0.6 is 8.69 Å². The van der Waals surface area contributed by atoms with E-state index in [1.807, 2.05) is 12.1 Å². The van der Waals surface area contributed by atoms with Crippen LogP contribution in [-0.2, 0) is 4.57 Å². The van der Waals surface area contributed by atoms with Gasteiger partial charge in [-0.15, -0.1) is 0 Å². The average molecular weight is 248 g/mol. The largest absolute Gasteiger partial charge is 0.491 e. The number of anilines is 2. The first-order valence-corrected chi connectivity index (χ1v) is 6.00. The quantitative estimate of drug-likeness (QED) is 0.828. The Morgan fingerprint density at radius 2 is 1.18 bits per heavy atom. The number of hydrogen-bond acceptors (Lipinski definition) is 2. The van der Waals surface area contributed by atoms with Gasteiger partial charge in [-0.2, -0.15) is 4.89 Å². The molecule has 3 nitrogen and oxygen atoms in total. The molecule has 0 aliphatic rings. The molecule has 17 heavy (non-hydrogen) atoms. The van der Waals surface area contributed by atoms with E-state index in [2.05, 4.69) is 60.5 Å². The number of rotatable bonds is 2. The van der Waals surface area contributed by atoms with Crippen molar-refractivity contribution >= 4 is 20.1 Å². The normalized spacial score (nSPS) is 9.29. The van der Waals surface area contributed by atoms with Gasteiger partial charge in [0.25, 0.3) is 0 Å². The molecule has 88 valence electrons. The van der Waals surface area contributed by atoms with E-state index < -0.39 is 8.69 Å². The van der Waals surface area contributed by atoms with Crippen molar-refractivity contribution in [3.05, 3.63) is 60.7 Å². The van der Waals surface area contributed by atoms with Crippen LogP contribution in [0.3, 0.4) is 0 Å². The lowest BCUT2D eigenvalue weighted by Gasteiger charge is -2.18. The lowest BCUT2D eigenvalue weighted by atomic mass is 10.2. The van der Waals surface area contributed by atoms with Crippen LogP contribution in [0.2, 0.25) is 0 Å². The highest BCUT2D eigenvalue weighted by atomic mass is 31.1. The monoisotopic (exact) mass is 248 g/mol. The smallest absolute Gasteiger partial charge is 0.345 e. The molecule has 0 aliphatic heterocycles. The molecule has 4 heteroatoms. The first-order chi connectivity index (χ1) is 8.29. The van der Waals surface area contributed by atoms with Crippen molar-refractivity contribution in [3.8, 4) is 0 Å². The summed E-state index contributed by atoms with van der Waals surface area (Å²) < 4.78 is 8.51. The van der Waals surface area contributed by atoms with E-state index >= 15 is 0 Å². The predicted molar refractivity (Wildman–Crippen MR) is 72.2 cm³/mol. The highest BCUT2D eigenvalue weighted by Gasteiger charge is 2.00. The first-order valence-electron chi connectivity index (χ1n) is 5.14. The van der Waals surface area contributed by atoms with Crippen molar-refractivity contribution in [2.45, 2.75) is 0 Å². The molecule has 0 aromatic heterocycles. The number of benzene rings is 2. The summed E-state index contributed by atoms with van der Waals surface area (Å²) in [4.78, 5) is 9.21. The summed E-state index contributed by atoms with van der Waals surface area (Å²) in [5.74, 6) is 0. The topological polar surface area (TPSA) is 40.5 Å². The van der Waals surface area contributed by atoms with Crippen LogP contribution in [0.25, 0.3) is 0 Å². The zero-order valence-electron chi connectivity index (χ0n) is 9.58. The molecule has 0 amide bonds. The third kappa shape index (κ3) is 4.35. The molecule has 0 aliphatic carbocycles. The van der Waals surface area contributed by atoms with Crippen LogP contribution < -0.4 is 4.90 Å². The first kappa shape index (κ1) is 13.4. The molecule has 0 radical (unpaired) electrons. The highest BCUT2D eigenvalue weighted by molar-refractivity contribution is 7.16. The van der Waals surface area contributed by atoms with Gasteiger partial charge in [-0.05, 0) is 28.8 Å². The summed E-state index contributed by atoms with van der Waals surface area (Å²) in [5.41, 5.74) is 2.41. The van der Waals surface area contributed by atoms with Gasteiger partial charge in [-0.25, -0.2) is 0 Å². The van der Waals surface area contributed by atoms with E-state index in [1.54, 1.807) is 0 Å². The highest BCUT2D eigenvalue weighted by Crippen LogP contribution is 2.21. The Labute approximate surface area is 103 Å². The molecule has 0 fully saturated rings. The predicted octanol–water partition coefficient (Wildman–Crippen LogP) is 3.37. The fraction of sp³-hybridized carbons (Fsp3) is 0.0769. The van der Waals surface area contributed by atoms with Gasteiger partial charge >= 0.3 is 8.69 Å². The second-order valence-electron chi connectivity index (χ2n) is 3.32. The van der Waals surface area contributed by atoms with Crippen molar-refractivity contribution in [1.29, 1.82) is 0 Å². The zero-order valence-corrected chi connectivity index (χ0v) is 10.6. The summed E-state index contributed by atoms with van der Waals surface area (Å²) in [7, 11) is 0.907. The lowest BCUT2D eigenvalue weighted by molar-refractivity contribution is 0.524. The van der Waals surface area contributed by atoms with Crippen molar-refractivity contribution in [1.82, 2.24) is 0 Å². The van der Waals surface area contributed by atoms with Crippen LogP contribution in [0.1, 0.15) is 0 Å². The summed E-state index contributed by atoms with van der Waals surface area (Å²) in [6, 6.07) is 20.7. The minimum Gasteiger partial charge on any atom is -0.345 e. The van der Waals surface area contributed by atoms with Crippen molar-refractivity contribution in [3.63, 3.8) is 0 Å². The van der Waals surface area contributed by atoms with E-state index in [4.69, 9.17) is 9.46 Å². The van der Waals surface area contributed by atoms with E-state index in [-0.39, 0.29) is 0 Å². The van der Waals surface area contributed by atoms with Crippen LogP contribution in [0.5, 0.6) is 0 Å². The maximum Gasteiger partial charge on any atom is 0.491 e. The molecule has 0 heterocycles. The Morgan fingerprint density at radius 3 is 1.47 bits per heavy atom. The molecule has 1 atom stereocenters. The lowest BCUT2D eigenvalue weighted by Crippen LogP contribution is -2.08. The summed E-state index contributed by atoms with van der Waals surface area (Å²) in [5, 5.41) is 0. The molecule has 2 aromatic carbocycles. The van der Waals surface area contributed by atoms with E-state index in [1.165, 1.54) is 11.4 Å². The Hall–Kier alpha value is -1.70. The van der Waals surface area contributed by atoms with Gasteiger partial charge in [0.05, 0.1) is 0 Å². The molecular weight excluding hydrogens is 233 g/mol.